The summed E-state index contributed by atoms with van der Waals surface area (Å²) < 4.78 is 0. The molecule has 176 valence electrons. The summed E-state index contributed by atoms with van der Waals surface area (Å²) in [5, 5.41) is 0. The maximum absolute atomic E-state index is 2.73. The van der Waals surface area contributed by atoms with Crippen LogP contribution in [0.2, 0.25) is 0 Å². The zero-order valence-electron chi connectivity index (χ0n) is 21.6. The Bertz CT molecular complexity index is 815. The summed E-state index contributed by atoms with van der Waals surface area (Å²) in [5.41, 5.74) is 4.97. The van der Waals surface area contributed by atoms with Crippen molar-refractivity contribution >= 4 is 5.57 Å². The molecule has 0 amide bonds. The summed E-state index contributed by atoms with van der Waals surface area (Å²) >= 11 is 0. The van der Waals surface area contributed by atoms with Gasteiger partial charge in [0.15, 0.2) is 0 Å². The SMILES string of the molecule is CC=C(CC(C)C1CC[C@H]2[C@@H]3CCC4C[C@@H](C)CC[C@@H]4[C@H]3CCC12C)c1ccc(C)cc1. The number of allylic oxidation sites excluding steroid dienone is 2. The van der Waals surface area contributed by atoms with Crippen molar-refractivity contribution in [2.24, 2.45) is 52.8 Å². The van der Waals surface area contributed by atoms with Crippen LogP contribution >= 0.6 is 0 Å². The lowest BCUT2D eigenvalue weighted by atomic mass is 9.48. The van der Waals surface area contributed by atoms with Gasteiger partial charge in [0.05, 0.1) is 0 Å². The molecule has 0 heteroatoms. The lowest BCUT2D eigenvalue weighted by molar-refractivity contribution is -0.0725. The summed E-state index contributed by atoms with van der Waals surface area (Å²) in [5.74, 6) is 8.01. The van der Waals surface area contributed by atoms with E-state index < -0.39 is 0 Å². The van der Waals surface area contributed by atoms with E-state index >= 15 is 0 Å². The van der Waals surface area contributed by atoms with Crippen LogP contribution in [0.25, 0.3) is 5.57 Å². The van der Waals surface area contributed by atoms with Crippen LogP contribution < -0.4 is 0 Å². The summed E-state index contributed by atoms with van der Waals surface area (Å²) in [6.45, 7) is 12.3. The third kappa shape index (κ3) is 3.92. The van der Waals surface area contributed by atoms with Gasteiger partial charge >= 0.3 is 0 Å². The van der Waals surface area contributed by atoms with Gasteiger partial charge in [-0.3, -0.25) is 0 Å². The van der Waals surface area contributed by atoms with E-state index in [1.807, 2.05) is 0 Å². The third-order valence-corrected chi connectivity index (χ3v) is 11.3. The fourth-order valence-corrected chi connectivity index (χ4v) is 9.72. The Labute approximate surface area is 198 Å². The number of hydrogen-bond donors (Lipinski definition) is 0. The van der Waals surface area contributed by atoms with Gasteiger partial charge in [0.25, 0.3) is 0 Å². The van der Waals surface area contributed by atoms with E-state index in [1.165, 1.54) is 43.2 Å². The van der Waals surface area contributed by atoms with Crippen molar-refractivity contribution in [3.8, 4) is 0 Å². The van der Waals surface area contributed by atoms with E-state index in [1.54, 1.807) is 37.7 Å². The van der Waals surface area contributed by atoms with E-state index in [2.05, 4.69) is 65.0 Å². The highest BCUT2D eigenvalue weighted by Gasteiger charge is 2.57. The topological polar surface area (TPSA) is 0 Å². The molecule has 0 saturated heterocycles. The maximum atomic E-state index is 2.73. The van der Waals surface area contributed by atoms with E-state index in [0.717, 1.165) is 47.3 Å². The number of fused-ring (bicyclic) bond motifs is 5. The van der Waals surface area contributed by atoms with Gasteiger partial charge < -0.3 is 0 Å². The molecule has 0 nitrogen and oxygen atoms in total. The standard InChI is InChI=1S/C32H48/c1-6-24(25-10-7-21(2)8-11-25)20-23(4)30-15-16-31-29-14-12-26-19-22(3)9-13-27(26)28(29)17-18-32(30,31)5/h6-8,10-11,22-23,26-31H,9,12-20H2,1-5H3/t22-,23?,26?,27-,28+,29+,30?,31-,32?/m0/s1. The molecule has 9 atom stereocenters. The molecular weight excluding hydrogens is 384 g/mol. The minimum Gasteiger partial charge on any atom is -0.0838 e. The van der Waals surface area contributed by atoms with Gasteiger partial charge in [0, 0.05) is 0 Å². The first-order valence-electron chi connectivity index (χ1n) is 14.1. The second kappa shape index (κ2) is 8.96. The van der Waals surface area contributed by atoms with Crippen LogP contribution in [0, 0.1) is 59.7 Å². The molecule has 4 aliphatic rings. The molecule has 5 rings (SSSR count). The largest absolute Gasteiger partial charge is 0.0838 e. The summed E-state index contributed by atoms with van der Waals surface area (Å²) in [4.78, 5) is 0. The molecule has 0 aromatic heterocycles. The lowest BCUT2D eigenvalue weighted by Gasteiger charge is -2.56. The Hall–Kier alpha value is -1.04. The smallest absolute Gasteiger partial charge is 0.0228 e. The Balaban J connectivity index is 1.29. The molecule has 0 heterocycles. The first kappa shape index (κ1) is 22.7. The van der Waals surface area contributed by atoms with E-state index in [0.29, 0.717) is 5.41 Å². The van der Waals surface area contributed by atoms with Crippen LogP contribution in [-0.4, -0.2) is 0 Å². The van der Waals surface area contributed by atoms with Crippen molar-refractivity contribution in [1.82, 2.24) is 0 Å². The fourth-order valence-electron chi connectivity index (χ4n) is 9.72. The van der Waals surface area contributed by atoms with Gasteiger partial charge in [-0.15, -0.1) is 0 Å². The Morgan fingerprint density at radius 3 is 2.47 bits per heavy atom. The molecule has 0 bridgehead atoms. The summed E-state index contributed by atoms with van der Waals surface area (Å²) in [6.07, 6.45) is 17.4. The number of rotatable bonds is 4. The van der Waals surface area contributed by atoms with E-state index in [-0.39, 0.29) is 0 Å². The van der Waals surface area contributed by atoms with E-state index in [9.17, 15) is 0 Å². The average Bonchev–Trinajstić information content (AvgIpc) is 3.15. The summed E-state index contributed by atoms with van der Waals surface area (Å²) in [7, 11) is 0. The van der Waals surface area contributed by atoms with Crippen molar-refractivity contribution in [3.63, 3.8) is 0 Å². The highest BCUT2D eigenvalue weighted by Crippen LogP contribution is 2.65. The van der Waals surface area contributed by atoms with Crippen LogP contribution in [0.15, 0.2) is 30.3 Å². The van der Waals surface area contributed by atoms with Gasteiger partial charge in [-0.1, -0.05) is 63.1 Å². The Morgan fingerprint density at radius 2 is 1.72 bits per heavy atom. The number of aryl methyl sites for hydroxylation is 1. The number of hydrogen-bond acceptors (Lipinski definition) is 0. The predicted octanol–water partition coefficient (Wildman–Crippen LogP) is 9.33. The third-order valence-electron chi connectivity index (χ3n) is 11.3. The second-order valence-electron chi connectivity index (χ2n) is 12.9. The highest BCUT2D eigenvalue weighted by molar-refractivity contribution is 5.65. The molecule has 0 aliphatic heterocycles. The normalized spacial score (nSPS) is 42.7. The molecule has 1 aromatic rings. The fraction of sp³-hybridized carbons (Fsp3) is 0.750. The van der Waals surface area contributed by atoms with Crippen molar-refractivity contribution < 1.29 is 0 Å². The zero-order chi connectivity index (χ0) is 22.5. The molecule has 4 saturated carbocycles. The second-order valence-corrected chi connectivity index (χ2v) is 12.9. The summed E-state index contributed by atoms with van der Waals surface area (Å²) in [6, 6.07) is 9.23. The van der Waals surface area contributed by atoms with Gasteiger partial charge in [-0.2, -0.15) is 0 Å². The molecule has 0 N–H and O–H groups in total. The minimum atomic E-state index is 0.599. The minimum absolute atomic E-state index is 0.599. The molecule has 0 radical (unpaired) electrons. The monoisotopic (exact) mass is 432 g/mol. The lowest BCUT2D eigenvalue weighted by Crippen LogP contribution is -2.49. The number of benzene rings is 1. The van der Waals surface area contributed by atoms with Crippen LogP contribution in [0.4, 0.5) is 0 Å². The van der Waals surface area contributed by atoms with Crippen molar-refractivity contribution in [2.45, 2.75) is 98.8 Å². The van der Waals surface area contributed by atoms with Crippen LogP contribution in [0.3, 0.4) is 0 Å². The average molecular weight is 433 g/mol. The van der Waals surface area contributed by atoms with Crippen LogP contribution in [-0.2, 0) is 0 Å². The molecular formula is C32H48. The zero-order valence-corrected chi connectivity index (χ0v) is 21.6. The van der Waals surface area contributed by atoms with E-state index in [4.69, 9.17) is 0 Å². The molecule has 0 spiro atoms. The van der Waals surface area contributed by atoms with Gasteiger partial charge in [-0.25, -0.2) is 0 Å². The van der Waals surface area contributed by atoms with Crippen molar-refractivity contribution in [3.05, 3.63) is 41.5 Å². The molecule has 4 unspecified atom stereocenters. The van der Waals surface area contributed by atoms with Crippen LogP contribution in [0.1, 0.15) is 103 Å². The maximum Gasteiger partial charge on any atom is -0.0228 e. The van der Waals surface area contributed by atoms with Crippen molar-refractivity contribution in [1.29, 1.82) is 0 Å². The molecule has 4 fully saturated rings. The van der Waals surface area contributed by atoms with Gasteiger partial charge in [0.2, 0.25) is 0 Å². The predicted molar refractivity (Wildman–Crippen MR) is 138 cm³/mol. The van der Waals surface area contributed by atoms with Crippen molar-refractivity contribution in [2.75, 3.05) is 0 Å². The molecule has 32 heavy (non-hydrogen) atoms. The quantitative estimate of drug-likeness (QED) is 0.444. The van der Waals surface area contributed by atoms with Gasteiger partial charge in [-0.05, 0) is 136 Å². The Morgan fingerprint density at radius 1 is 0.969 bits per heavy atom. The Kier molecular flexibility index (Phi) is 6.37. The highest BCUT2D eigenvalue weighted by atomic mass is 14.6. The van der Waals surface area contributed by atoms with Crippen LogP contribution in [0.5, 0.6) is 0 Å². The molecule has 4 aliphatic carbocycles. The molecule has 1 aromatic carbocycles. The van der Waals surface area contributed by atoms with Gasteiger partial charge in [0.1, 0.15) is 0 Å². The first-order chi connectivity index (χ1) is 15.4. The first-order valence-corrected chi connectivity index (χ1v) is 14.1.